The first-order chi connectivity index (χ1) is 10.9. The highest BCUT2D eigenvalue weighted by molar-refractivity contribution is 5.87. The van der Waals surface area contributed by atoms with Crippen LogP contribution in [-0.4, -0.2) is 12.9 Å². The third kappa shape index (κ3) is 1.90. The van der Waals surface area contributed by atoms with E-state index in [0.29, 0.717) is 23.0 Å². The fourth-order valence-electron chi connectivity index (χ4n) is 6.73. The van der Waals surface area contributed by atoms with Crippen LogP contribution in [0.5, 0.6) is 0 Å². The predicted molar refractivity (Wildman–Crippen MR) is 91.8 cm³/mol. The van der Waals surface area contributed by atoms with Crippen molar-refractivity contribution in [2.75, 3.05) is 7.11 Å². The number of allylic oxidation sites excluding steroid dienone is 4. The molecule has 2 fully saturated rings. The topological polar surface area (TPSA) is 26.3 Å². The van der Waals surface area contributed by atoms with Crippen molar-refractivity contribution in [3.05, 3.63) is 23.0 Å². The maximum Gasteiger partial charge on any atom is 0.139 e. The van der Waals surface area contributed by atoms with E-state index in [1.165, 1.54) is 24.2 Å². The molecule has 0 aromatic heterocycles. The van der Waals surface area contributed by atoms with Gasteiger partial charge in [0, 0.05) is 18.3 Å². The van der Waals surface area contributed by atoms with Gasteiger partial charge in [-0.3, -0.25) is 4.79 Å². The maximum atomic E-state index is 12.5. The zero-order valence-corrected chi connectivity index (χ0v) is 15.1. The number of carbonyl (C=O) groups excluding carboxylic acids is 1. The van der Waals surface area contributed by atoms with Gasteiger partial charge in [0.25, 0.3) is 0 Å². The number of ketones is 1. The van der Waals surface area contributed by atoms with Crippen LogP contribution in [0.2, 0.25) is 0 Å². The van der Waals surface area contributed by atoms with Gasteiger partial charge < -0.3 is 4.74 Å². The van der Waals surface area contributed by atoms with Crippen LogP contribution in [0, 0.1) is 28.6 Å². The molecule has 0 bridgehead atoms. The lowest BCUT2D eigenvalue weighted by Crippen LogP contribution is -2.49. The smallest absolute Gasteiger partial charge is 0.139 e. The third-order valence-corrected chi connectivity index (χ3v) is 8.11. The number of fused-ring (bicyclic) bond motifs is 5. The summed E-state index contributed by atoms with van der Waals surface area (Å²) < 4.78 is 5.63. The van der Waals surface area contributed by atoms with E-state index < -0.39 is 0 Å². The minimum atomic E-state index is -0.0138. The Morgan fingerprint density at radius 3 is 2.57 bits per heavy atom. The van der Waals surface area contributed by atoms with Crippen molar-refractivity contribution in [1.82, 2.24) is 0 Å². The second-order valence-corrected chi connectivity index (χ2v) is 8.82. The molecule has 4 aliphatic rings. The molecular formula is C21H30O2. The summed E-state index contributed by atoms with van der Waals surface area (Å²) in [7, 11) is 1.81. The number of hydrogen-bond donors (Lipinski definition) is 0. The van der Waals surface area contributed by atoms with E-state index in [9.17, 15) is 4.79 Å². The largest absolute Gasteiger partial charge is 0.501 e. The van der Waals surface area contributed by atoms with Gasteiger partial charge in [-0.2, -0.15) is 0 Å². The number of Topliss-reactive ketones (excluding diaryl/α,β-unsaturated/α-hetero) is 1. The van der Waals surface area contributed by atoms with Gasteiger partial charge in [0.15, 0.2) is 0 Å². The van der Waals surface area contributed by atoms with E-state index in [2.05, 4.69) is 26.8 Å². The second-order valence-electron chi connectivity index (χ2n) is 8.82. The van der Waals surface area contributed by atoms with Gasteiger partial charge in [0.1, 0.15) is 5.78 Å². The molecule has 23 heavy (non-hydrogen) atoms. The molecule has 4 rings (SSSR count). The molecule has 0 aromatic rings. The van der Waals surface area contributed by atoms with Crippen molar-refractivity contribution in [3.63, 3.8) is 0 Å². The van der Waals surface area contributed by atoms with Gasteiger partial charge in [0.2, 0.25) is 0 Å². The first kappa shape index (κ1) is 15.5. The summed E-state index contributed by atoms with van der Waals surface area (Å²) in [5.74, 6) is 3.81. The Morgan fingerprint density at radius 2 is 1.83 bits per heavy atom. The van der Waals surface area contributed by atoms with E-state index in [-0.39, 0.29) is 5.41 Å². The number of methoxy groups -OCH3 is 1. The molecule has 126 valence electrons. The lowest BCUT2D eigenvalue weighted by atomic mass is 9.48. The van der Waals surface area contributed by atoms with Crippen molar-refractivity contribution in [3.8, 4) is 0 Å². The minimum absolute atomic E-state index is 0.0138. The summed E-state index contributed by atoms with van der Waals surface area (Å²) in [5, 5.41) is 0. The van der Waals surface area contributed by atoms with Gasteiger partial charge in [-0.05, 0) is 73.3 Å². The fourth-order valence-corrected chi connectivity index (χ4v) is 6.73. The zero-order chi connectivity index (χ0) is 16.4. The molecule has 2 heteroatoms. The first-order valence-corrected chi connectivity index (χ1v) is 9.40. The third-order valence-electron chi connectivity index (χ3n) is 8.11. The summed E-state index contributed by atoms with van der Waals surface area (Å²) in [6.45, 7) is 7.00. The number of hydrogen-bond acceptors (Lipinski definition) is 2. The fraction of sp³-hybridized carbons (Fsp3) is 0.762. The summed E-state index contributed by atoms with van der Waals surface area (Å²) in [6, 6.07) is 0. The van der Waals surface area contributed by atoms with Crippen molar-refractivity contribution in [2.45, 2.75) is 65.7 Å². The Kier molecular flexibility index (Phi) is 3.35. The minimum Gasteiger partial charge on any atom is -0.501 e. The Morgan fingerprint density at radius 1 is 1.09 bits per heavy atom. The molecule has 2 saturated carbocycles. The molecule has 0 N–H and O–H groups in total. The average molecular weight is 314 g/mol. The molecule has 0 saturated heterocycles. The monoisotopic (exact) mass is 314 g/mol. The van der Waals surface area contributed by atoms with E-state index in [1.807, 2.05) is 7.11 Å². The molecule has 0 aromatic carbocycles. The molecule has 0 unspecified atom stereocenters. The van der Waals surface area contributed by atoms with Crippen LogP contribution in [0.3, 0.4) is 0 Å². The van der Waals surface area contributed by atoms with Gasteiger partial charge in [-0.25, -0.2) is 0 Å². The molecule has 0 spiro atoms. The number of carbonyl (C=O) groups is 1. The summed E-state index contributed by atoms with van der Waals surface area (Å²) >= 11 is 0. The molecule has 2 nitrogen and oxygen atoms in total. The van der Waals surface area contributed by atoms with E-state index >= 15 is 0 Å². The molecule has 0 amide bonds. The lowest BCUT2D eigenvalue weighted by molar-refractivity contribution is -0.131. The van der Waals surface area contributed by atoms with Gasteiger partial charge in [-0.15, -0.1) is 0 Å². The highest BCUT2D eigenvalue weighted by Gasteiger charge is 2.58. The zero-order valence-electron chi connectivity index (χ0n) is 15.1. The van der Waals surface area contributed by atoms with Crippen molar-refractivity contribution >= 4 is 5.78 Å². The Bertz CT molecular complexity index is 613. The number of ether oxygens (including phenoxy) is 1. The molecule has 5 atom stereocenters. The maximum absolute atomic E-state index is 12.5. The van der Waals surface area contributed by atoms with Crippen molar-refractivity contribution in [2.24, 2.45) is 28.6 Å². The Balaban J connectivity index is 1.74. The summed E-state index contributed by atoms with van der Waals surface area (Å²) in [4.78, 5) is 12.5. The quantitative estimate of drug-likeness (QED) is 0.677. The molecule has 0 radical (unpaired) electrons. The molecule has 0 aliphatic heterocycles. The van der Waals surface area contributed by atoms with Crippen LogP contribution < -0.4 is 0 Å². The standard InChI is InChI=1S/C21H30O2/c1-13-15-6-5-14-16-7-8-19(22)21(16,3)11-9-17(14)20(15,2)12-10-18(13)23-4/h6,14,16-17H,5,7-12H2,1-4H3/t14-,16-,17-,20-,21-/m0/s1. The number of rotatable bonds is 1. The van der Waals surface area contributed by atoms with Crippen LogP contribution in [-0.2, 0) is 9.53 Å². The second kappa shape index (κ2) is 4.97. The highest BCUT2D eigenvalue weighted by Crippen LogP contribution is 2.64. The average Bonchev–Trinajstić information content (AvgIpc) is 2.83. The lowest BCUT2D eigenvalue weighted by Gasteiger charge is -2.56. The van der Waals surface area contributed by atoms with Crippen molar-refractivity contribution < 1.29 is 9.53 Å². The van der Waals surface area contributed by atoms with E-state index in [0.717, 1.165) is 38.0 Å². The Hall–Kier alpha value is -1.05. The van der Waals surface area contributed by atoms with E-state index in [1.54, 1.807) is 5.57 Å². The summed E-state index contributed by atoms with van der Waals surface area (Å²) in [5.41, 5.74) is 3.22. The van der Waals surface area contributed by atoms with Crippen LogP contribution in [0.15, 0.2) is 23.0 Å². The van der Waals surface area contributed by atoms with Crippen LogP contribution in [0.4, 0.5) is 0 Å². The highest BCUT2D eigenvalue weighted by atomic mass is 16.5. The normalized spacial score (nSPS) is 46.0. The molecule has 4 aliphatic carbocycles. The van der Waals surface area contributed by atoms with Gasteiger partial charge >= 0.3 is 0 Å². The Labute approximate surface area is 140 Å². The first-order valence-electron chi connectivity index (χ1n) is 9.40. The van der Waals surface area contributed by atoms with Crippen LogP contribution in [0.25, 0.3) is 0 Å². The van der Waals surface area contributed by atoms with Gasteiger partial charge in [0.05, 0.1) is 12.9 Å². The molecule has 0 heterocycles. The summed E-state index contributed by atoms with van der Waals surface area (Å²) in [6.07, 6.45) is 10.2. The SMILES string of the molecule is COC1=C(C)C2=CC[C@@H]3[C@H](CC[C@]4(C)C(=O)CC[C@@H]34)[C@@]2(C)CC1. The predicted octanol–water partition coefficient (Wildman–Crippen LogP) is 5.05. The van der Waals surface area contributed by atoms with Crippen LogP contribution in [0.1, 0.15) is 65.7 Å². The van der Waals surface area contributed by atoms with E-state index in [4.69, 9.17) is 4.74 Å². The van der Waals surface area contributed by atoms with Crippen molar-refractivity contribution in [1.29, 1.82) is 0 Å². The van der Waals surface area contributed by atoms with Gasteiger partial charge in [-0.1, -0.05) is 19.9 Å². The molecular weight excluding hydrogens is 284 g/mol. The van der Waals surface area contributed by atoms with Crippen LogP contribution >= 0.6 is 0 Å².